The zero-order chi connectivity index (χ0) is 12.3. The van der Waals surface area contributed by atoms with E-state index in [0.29, 0.717) is 18.5 Å². The Hall–Kier alpha value is -1.42. The number of benzene rings is 1. The average Bonchev–Trinajstić information content (AvgIpc) is 2.71. The number of carbonyl (C=O) groups excluding carboxylic acids is 2. The van der Waals surface area contributed by atoms with E-state index < -0.39 is 0 Å². The monoisotopic (exact) mass is 293 g/mol. The Morgan fingerprint density at radius 1 is 1.41 bits per heavy atom. The van der Waals surface area contributed by atoms with Crippen molar-refractivity contribution < 1.29 is 9.59 Å². The van der Waals surface area contributed by atoms with E-state index in [4.69, 9.17) is 0 Å². The summed E-state index contributed by atoms with van der Waals surface area (Å²) in [6.07, 6.45) is 1.23. The van der Waals surface area contributed by atoms with Gasteiger partial charge in [-0.05, 0) is 21.5 Å². The summed E-state index contributed by atoms with van der Waals surface area (Å²) in [5, 5.41) is 2.77. The lowest BCUT2D eigenvalue weighted by Gasteiger charge is -2.08. The third-order valence-electron chi connectivity index (χ3n) is 2.81. The Bertz CT molecular complexity index is 468. The Morgan fingerprint density at radius 2 is 2.12 bits per heavy atom. The van der Waals surface area contributed by atoms with E-state index in [1.54, 1.807) is 0 Å². The average molecular weight is 294 g/mol. The van der Waals surface area contributed by atoms with Gasteiger partial charge in [-0.1, -0.05) is 30.3 Å². The molecule has 0 bridgehead atoms. The van der Waals surface area contributed by atoms with Gasteiger partial charge in [-0.3, -0.25) is 4.79 Å². The van der Waals surface area contributed by atoms with Crippen molar-refractivity contribution >= 4 is 32.6 Å². The highest BCUT2D eigenvalue weighted by molar-refractivity contribution is 9.15. The summed E-state index contributed by atoms with van der Waals surface area (Å²) in [4.78, 5) is 22.4. The predicted molar refractivity (Wildman–Crippen MR) is 69.5 cm³/mol. The van der Waals surface area contributed by atoms with Crippen molar-refractivity contribution in [3.8, 4) is 0 Å². The van der Waals surface area contributed by atoms with E-state index in [0.717, 1.165) is 16.3 Å². The smallest absolute Gasteiger partial charge is 0.248 e. The first-order valence-corrected chi connectivity index (χ1v) is 6.20. The van der Waals surface area contributed by atoms with E-state index in [2.05, 4.69) is 21.2 Å². The molecule has 0 radical (unpaired) electrons. The van der Waals surface area contributed by atoms with Crippen LogP contribution in [0.5, 0.6) is 0 Å². The van der Waals surface area contributed by atoms with Crippen molar-refractivity contribution in [2.24, 2.45) is 5.92 Å². The summed E-state index contributed by atoms with van der Waals surface area (Å²) in [5.41, 5.74) is 1.62. The second kappa shape index (κ2) is 5.27. The van der Waals surface area contributed by atoms with Crippen molar-refractivity contribution in [2.45, 2.75) is 6.42 Å². The first-order chi connectivity index (χ1) is 8.24. The molecule has 1 heterocycles. The molecule has 4 heteroatoms. The van der Waals surface area contributed by atoms with Crippen LogP contribution in [0.15, 0.2) is 35.9 Å². The Kier molecular flexibility index (Phi) is 3.74. The number of carbonyl (C=O) groups is 2. The fraction of sp³-hybridized carbons (Fsp3) is 0.231. The van der Waals surface area contributed by atoms with Crippen LogP contribution in [0.1, 0.15) is 12.0 Å². The molecule has 3 nitrogen and oxygen atoms in total. The highest BCUT2D eigenvalue weighted by atomic mass is 79.9. The van der Waals surface area contributed by atoms with Crippen molar-refractivity contribution in [1.82, 2.24) is 5.32 Å². The maximum absolute atomic E-state index is 11.8. The van der Waals surface area contributed by atoms with E-state index in [1.807, 2.05) is 30.3 Å². The van der Waals surface area contributed by atoms with E-state index >= 15 is 0 Å². The molecule has 1 N–H and O–H groups in total. The molecule has 1 aromatic carbocycles. The standard InChI is InChI=1S/C13H12BrNO2/c14-12(9-4-2-1-3-5-9)11-10(6-7-16)8-15-13(11)17/h1-5,7,10H,6,8H2,(H,15,17)/b12-11-. The van der Waals surface area contributed by atoms with Crippen LogP contribution >= 0.6 is 15.9 Å². The zero-order valence-electron chi connectivity index (χ0n) is 9.15. The minimum Gasteiger partial charge on any atom is -0.352 e. The number of nitrogens with one attached hydrogen (secondary N) is 1. The number of halogens is 1. The summed E-state index contributed by atoms with van der Waals surface area (Å²) < 4.78 is 0.778. The van der Waals surface area contributed by atoms with Gasteiger partial charge in [0.2, 0.25) is 5.91 Å². The Morgan fingerprint density at radius 3 is 2.76 bits per heavy atom. The Labute approximate surface area is 108 Å². The van der Waals surface area contributed by atoms with Crippen molar-refractivity contribution in [1.29, 1.82) is 0 Å². The number of amides is 1. The molecule has 0 saturated carbocycles. The molecule has 0 spiro atoms. The molecule has 1 aromatic rings. The minimum atomic E-state index is -0.0902. The van der Waals surface area contributed by atoms with Crippen LogP contribution in [0, 0.1) is 5.92 Å². The molecule has 1 atom stereocenters. The van der Waals surface area contributed by atoms with Crippen molar-refractivity contribution in [3.63, 3.8) is 0 Å². The minimum absolute atomic E-state index is 0.0328. The molecule has 0 aliphatic carbocycles. The van der Waals surface area contributed by atoms with Crippen LogP contribution in [0.3, 0.4) is 0 Å². The van der Waals surface area contributed by atoms with Crippen LogP contribution in [0.4, 0.5) is 0 Å². The molecule has 17 heavy (non-hydrogen) atoms. The van der Waals surface area contributed by atoms with Gasteiger partial charge in [0.1, 0.15) is 6.29 Å². The van der Waals surface area contributed by atoms with Crippen molar-refractivity contribution in [2.75, 3.05) is 6.54 Å². The number of hydrogen-bond acceptors (Lipinski definition) is 2. The Balaban J connectivity index is 2.41. The quantitative estimate of drug-likeness (QED) is 0.685. The molecule has 1 aliphatic rings. The molecule has 1 saturated heterocycles. The molecule has 2 rings (SSSR count). The summed E-state index contributed by atoms with van der Waals surface area (Å²) in [5.74, 6) is -0.123. The highest BCUT2D eigenvalue weighted by Gasteiger charge is 2.30. The first kappa shape index (κ1) is 12.0. The maximum atomic E-state index is 11.8. The van der Waals surface area contributed by atoms with Gasteiger partial charge in [0.25, 0.3) is 0 Å². The molecule has 0 aromatic heterocycles. The van der Waals surface area contributed by atoms with Crippen LogP contribution < -0.4 is 5.32 Å². The second-order valence-electron chi connectivity index (χ2n) is 3.90. The molecule has 88 valence electrons. The fourth-order valence-corrected chi connectivity index (χ4v) is 2.70. The van der Waals surface area contributed by atoms with Crippen LogP contribution in [-0.4, -0.2) is 18.7 Å². The number of rotatable bonds is 3. The number of hydrogen-bond donors (Lipinski definition) is 1. The maximum Gasteiger partial charge on any atom is 0.248 e. The highest BCUT2D eigenvalue weighted by Crippen LogP contribution is 2.32. The third-order valence-corrected chi connectivity index (χ3v) is 3.69. The fourth-order valence-electron chi connectivity index (χ4n) is 1.93. The van der Waals surface area contributed by atoms with Crippen molar-refractivity contribution in [3.05, 3.63) is 41.5 Å². The molecular weight excluding hydrogens is 282 g/mol. The van der Waals surface area contributed by atoms with E-state index in [9.17, 15) is 9.59 Å². The lowest BCUT2D eigenvalue weighted by atomic mass is 9.97. The summed E-state index contributed by atoms with van der Waals surface area (Å²) in [7, 11) is 0. The van der Waals surface area contributed by atoms with Gasteiger partial charge >= 0.3 is 0 Å². The van der Waals surface area contributed by atoms with Gasteiger partial charge < -0.3 is 10.1 Å². The first-order valence-electron chi connectivity index (χ1n) is 5.41. The van der Waals surface area contributed by atoms with E-state index in [1.165, 1.54) is 0 Å². The molecule has 1 amide bonds. The molecule has 1 fully saturated rings. The van der Waals surface area contributed by atoms with Gasteiger partial charge in [-0.2, -0.15) is 0 Å². The van der Waals surface area contributed by atoms with Crippen LogP contribution in [-0.2, 0) is 9.59 Å². The molecule has 1 unspecified atom stereocenters. The normalized spacial score (nSPS) is 22.2. The summed E-state index contributed by atoms with van der Waals surface area (Å²) >= 11 is 3.47. The van der Waals surface area contributed by atoms with Crippen LogP contribution in [0.25, 0.3) is 4.48 Å². The predicted octanol–water partition coefficient (Wildman–Crippen LogP) is 2.13. The van der Waals surface area contributed by atoms with Gasteiger partial charge in [0.15, 0.2) is 0 Å². The van der Waals surface area contributed by atoms with Crippen LogP contribution in [0.2, 0.25) is 0 Å². The van der Waals surface area contributed by atoms with E-state index in [-0.39, 0.29) is 11.8 Å². The third kappa shape index (κ3) is 2.47. The molecular formula is C13H12BrNO2. The van der Waals surface area contributed by atoms with Gasteiger partial charge in [0.05, 0.1) is 0 Å². The lowest BCUT2D eigenvalue weighted by Crippen LogP contribution is -2.14. The SMILES string of the molecule is O=CCC1CNC(=O)/C1=C(\Br)c1ccccc1. The van der Waals surface area contributed by atoms with Gasteiger partial charge in [-0.15, -0.1) is 0 Å². The lowest BCUT2D eigenvalue weighted by molar-refractivity contribution is -0.116. The topological polar surface area (TPSA) is 46.2 Å². The second-order valence-corrected chi connectivity index (χ2v) is 4.70. The molecule has 1 aliphatic heterocycles. The zero-order valence-corrected chi connectivity index (χ0v) is 10.7. The largest absolute Gasteiger partial charge is 0.352 e. The van der Waals surface area contributed by atoms with Gasteiger partial charge in [0, 0.05) is 28.9 Å². The van der Waals surface area contributed by atoms with Gasteiger partial charge in [-0.25, -0.2) is 0 Å². The number of aldehydes is 1. The summed E-state index contributed by atoms with van der Waals surface area (Å²) in [6, 6.07) is 9.62. The summed E-state index contributed by atoms with van der Waals surface area (Å²) in [6.45, 7) is 0.537.